The highest BCUT2D eigenvalue weighted by Gasteiger charge is 2.43. The van der Waals surface area contributed by atoms with Gasteiger partial charge in [0.15, 0.2) is 0 Å². The van der Waals surface area contributed by atoms with Crippen LogP contribution >= 0.6 is 11.3 Å². The molecule has 6 N–H and O–H groups in total. The maximum Gasteiger partial charge on any atom is 0.262 e. The van der Waals surface area contributed by atoms with E-state index in [-0.39, 0.29) is 47.7 Å². The average molecular weight is 672 g/mol. The molecule has 1 heterocycles. The van der Waals surface area contributed by atoms with Gasteiger partial charge in [-0.2, -0.15) is 0 Å². The summed E-state index contributed by atoms with van der Waals surface area (Å²) in [6, 6.07) is 18.4. The standard InChI is InChI=1S/C38H49N5O4S/c39-29-17-6-7-18-30(29)41-34(44)27-15-11-16-28(23-27)40-35(45)31(22-25-12-3-1-4-13-25)42-37(47)38(20-9-2-10-21-38)43-36(46)33-24-26-14-5-8-19-32(26)48-33/h1,3-5,8,12-14,19,24,27-31H,2,6-7,9-11,15-18,20-23,39H2,(H,40,45)(H,41,44)(H,42,47)(H,43,46)/t27-,28+,29+,30-,31-/m1/s1. The summed E-state index contributed by atoms with van der Waals surface area (Å²) in [6.45, 7) is 0. The van der Waals surface area contributed by atoms with Gasteiger partial charge in [-0.15, -0.1) is 11.3 Å². The lowest BCUT2D eigenvalue weighted by Crippen LogP contribution is -2.63. The van der Waals surface area contributed by atoms with Crippen molar-refractivity contribution in [2.75, 3.05) is 0 Å². The van der Waals surface area contributed by atoms with Crippen molar-refractivity contribution in [1.82, 2.24) is 21.3 Å². The van der Waals surface area contributed by atoms with Crippen LogP contribution in [0.3, 0.4) is 0 Å². The molecule has 1 aromatic heterocycles. The van der Waals surface area contributed by atoms with Gasteiger partial charge in [-0.3, -0.25) is 19.2 Å². The average Bonchev–Trinajstić information content (AvgIpc) is 3.55. The first-order valence-corrected chi connectivity index (χ1v) is 18.6. The van der Waals surface area contributed by atoms with Crippen LogP contribution in [-0.4, -0.2) is 53.3 Å². The summed E-state index contributed by atoms with van der Waals surface area (Å²) in [7, 11) is 0. The second-order valence-corrected chi connectivity index (χ2v) is 15.2. The molecule has 0 unspecified atom stereocenters. The fourth-order valence-corrected chi connectivity index (χ4v) is 8.75. The molecule has 0 spiro atoms. The zero-order valence-corrected chi connectivity index (χ0v) is 28.5. The van der Waals surface area contributed by atoms with Crippen LogP contribution < -0.4 is 27.0 Å². The van der Waals surface area contributed by atoms with Crippen molar-refractivity contribution in [3.8, 4) is 0 Å². The van der Waals surface area contributed by atoms with Gasteiger partial charge in [-0.05, 0) is 68.0 Å². The van der Waals surface area contributed by atoms with Crippen molar-refractivity contribution in [1.29, 1.82) is 0 Å². The summed E-state index contributed by atoms with van der Waals surface area (Å²) in [5.41, 5.74) is 6.12. The molecule has 3 fully saturated rings. The van der Waals surface area contributed by atoms with Crippen molar-refractivity contribution in [2.45, 2.75) is 120 Å². The van der Waals surface area contributed by atoms with E-state index in [1.807, 2.05) is 60.7 Å². The lowest BCUT2D eigenvalue weighted by Gasteiger charge is -2.38. The minimum Gasteiger partial charge on any atom is -0.352 e. The van der Waals surface area contributed by atoms with Gasteiger partial charge in [0.2, 0.25) is 17.7 Å². The minimum atomic E-state index is -1.10. The van der Waals surface area contributed by atoms with E-state index in [2.05, 4.69) is 21.3 Å². The minimum absolute atomic E-state index is 0.00803. The number of carbonyl (C=O) groups excluding carboxylic acids is 4. The van der Waals surface area contributed by atoms with E-state index >= 15 is 0 Å². The Morgan fingerprint density at radius 1 is 0.833 bits per heavy atom. The Morgan fingerprint density at radius 2 is 1.58 bits per heavy atom. The van der Waals surface area contributed by atoms with E-state index in [0.717, 1.165) is 79.9 Å². The highest BCUT2D eigenvalue weighted by molar-refractivity contribution is 7.20. The summed E-state index contributed by atoms with van der Waals surface area (Å²) in [5.74, 6) is -1.01. The van der Waals surface area contributed by atoms with Gasteiger partial charge in [-0.1, -0.05) is 87.1 Å². The Labute approximate surface area is 287 Å². The Bertz CT molecular complexity index is 1550. The van der Waals surface area contributed by atoms with E-state index < -0.39 is 11.6 Å². The molecule has 3 aliphatic rings. The molecule has 2 aromatic carbocycles. The molecule has 9 nitrogen and oxygen atoms in total. The topological polar surface area (TPSA) is 142 Å². The van der Waals surface area contributed by atoms with Crippen LogP contribution in [0.5, 0.6) is 0 Å². The largest absolute Gasteiger partial charge is 0.352 e. The van der Waals surface area contributed by atoms with E-state index in [4.69, 9.17) is 5.73 Å². The summed E-state index contributed by atoms with van der Waals surface area (Å²) < 4.78 is 1.02. The van der Waals surface area contributed by atoms with E-state index in [1.54, 1.807) is 0 Å². The number of hydrogen-bond acceptors (Lipinski definition) is 6. The third kappa shape index (κ3) is 8.26. The van der Waals surface area contributed by atoms with Crippen molar-refractivity contribution < 1.29 is 19.2 Å². The van der Waals surface area contributed by atoms with Crippen LogP contribution in [0.2, 0.25) is 0 Å². The molecule has 10 heteroatoms. The molecule has 4 amide bonds. The maximum atomic E-state index is 14.2. The second kappa shape index (κ2) is 15.6. The number of benzene rings is 2. The fraction of sp³-hybridized carbons (Fsp3) is 0.526. The first kappa shape index (κ1) is 34.1. The van der Waals surface area contributed by atoms with Crippen molar-refractivity contribution in [3.63, 3.8) is 0 Å². The Morgan fingerprint density at radius 3 is 2.35 bits per heavy atom. The van der Waals surface area contributed by atoms with Crippen LogP contribution in [0.15, 0.2) is 60.7 Å². The van der Waals surface area contributed by atoms with Gasteiger partial charge in [-0.25, -0.2) is 0 Å². The molecular weight excluding hydrogens is 623 g/mol. The molecule has 0 aliphatic heterocycles. The number of hydrogen-bond donors (Lipinski definition) is 5. The molecule has 256 valence electrons. The number of amides is 4. The number of nitrogens with two attached hydrogens (primary N) is 1. The molecule has 5 atom stereocenters. The lowest BCUT2D eigenvalue weighted by atomic mass is 9.80. The molecular formula is C38H49N5O4S. The first-order chi connectivity index (χ1) is 23.3. The summed E-state index contributed by atoms with van der Waals surface area (Å²) in [6.07, 6.45) is 10.9. The fourth-order valence-electron chi connectivity index (χ4n) is 7.79. The first-order valence-electron chi connectivity index (χ1n) is 17.8. The quantitative estimate of drug-likeness (QED) is 0.203. The lowest BCUT2D eigenvalue weighted by molar-refractivity contribution is -0.134. The molecule has 48 heavy (non-hydrogen) atoms. The molecule has 6 rings (SSSR count). The van der Waals surface area contributed by atoms with Crippen molar-refractivity contribution in [3.05, 3.63) is 71.1 Å². The molecule has 0 bridgehead atoms. The van der Waals surface area contributed by atoms with Crippen molar-refractivity contribution in [2.24, 2.45) is 11.7 Å². The third-order valence-electron chi connectivity index (χ3n) is 10.6. The number of rotatable bonds is 10. The number of thiophene rings is 1. The number of nitrogens with one attached hydrogen (secondary N) is 4. The van der Waals surface area contributed by atoms with Crippen LogP contribution in [0.1, 0.15) is 98.7 Å². The predicted molar refractivity (Wildman–Crippen MR) is 189 cm³/mol. The molecule has 0 radical (unpaired) electrons. The molecule has 3 saturated carbocycles. The second-order valence-electron chi connectivity index (χ2n) is 14.1. The molecule has 3 aromatic rings. The van der Waals surface area contributed by atoms with Crippen LogP contribution in [-0.2, 0) is 20.8 Å². The van der Waals surface area contributed by atoms with Crippen LogP contribution in [0, 0.1) is 5.92 Å². The highest BCUT2D eigenvalue weighted by Crippen LogP contribution is 2.32. The molecule has 3 aliphatic carbocycles. The van der Waals surface area contributed by atoms with Gasteiger partial charge in [0.1, 0.15) is 11.6 Å². The van der Waals surface area contributed by atoms with Gasteiger partial charge in [0.05, 0.1) is 4.88 Å². The summed E-state index contributed by atoms with van der Waals surface area (Å²) >= 11 is 1.41. The van der Waals surface area contributed by atoms with E-state index in [0.29, 0.717) is 30.6 Å². The normalized spacial score (nSPS) is 24.6. The number of carbonyl (C=O) groups is 4. The Hall–Kier alpha value is -3.76. The monoisotopic (exact) mass is 671 g/mol. The maximum absolute atomic E-state index is 14.2. The smallest absolute Gasteiger partial charge is 0.262 e. The molecule has 0 saturated heterocycles. The SMILES string of the molecule is N[C@H]1CCCC[C@H]1NC(=O)[C@@H]1CCC[C@H](NC(=O)[C@@H](Cc2ccccc2)NC(=O)C2(NC(=O)c3cc4ccccc4s3)CCCCC2)C1. The van der Waals surface area contributed by atoms with Crippen molar-refractivity contribution >= 4 is 45.1 Å². The van der Waals surface area contributed by atoms with E-state index in [1.165, 1.54) is 11.3 Å². The zero-order chi connectivity index (χ0) is 33.5. The third-order valence-corrected chi connectivity index (χ3v) is 11.7. The predicted octanol–water partition coefficient (Wildman–Crippen LogP) is 5.12. The summed E-state index contributed by atoms with van der Waals surface area (Å²) in [4.78, 5) is 55.6. The highest BCUT2D eigenvalue weighted by atomic mass is 32.1. The van der Waals surface area contributed by atoms with Crippen LogP contribution in [0.25, 0.3) is 10.1 Å². The zero-order valence-electron chi connectivity index (χ0n) is 27.7. The Kier molecular flexibility index (Phi) is 11.1. The van der Waals surface area contributed by atoms with Crippen LogP contribution in [0.4, 0.5) is 0 Å². The van der Waals surface area contributed by atoms with E-state index in [9.17, 15) is 19.2 Å². The van der Waals surface area contributed by atoms with Gasteiger partial charge < -0.3 is 27.0 Å². The summed E-state index contributed by atoms with van der Waals surface area (Å²) in [5, 5.41) is 13.6. The van der Waals surface area contributed by atoms with Gasteiger partial charge >= 0.3 is 0 Å². The van der Waals surface area contributed by atoms with Gasteiger partial charge in [0.25, 0.3) is 5.91 Å². The van der Waals surface area contributed by atoms with Gasteiger partial charge in [0, 0.05) is 35.2 Å². The number of fused-ring (bicyclic) bond motifs is 1. The Balaban J connectivity index is 1.15.